The zero-order chi connectivity index (χ0) is 62.5. The molecule has 0 unspecified atom stereocenters. The van der Waals surface area contributed by atoms with E-state index in [0.29, 0.717) is 13.7 Å². The monoisotopic (exact) mass is 1170 g/mol. The highest BCUT2D eigenvalue weighted by Gasteiger charge is 2.26. The summed E-state index contributed by atoms with van der Waals surface area (Å²) >= 11 is 0. The summed E-state index contributed by atoms with van der Waals surface area (Å²) in [5.41, 5.74) is -9.59. The first-order valence-corrected chi connectivity index (χ1v) is 24.2. The smallest absolute Gasteiger partial charge is 0.339 e. The van der Waals surface area contributed by atoms with Crippen LogP contribution in [0.4, 0.5) is 0 Å². The van der Waals surface area contributed by atoms with Crippen molar-refractivity contribution in [3.05, 3.63) is 173 Å². The number of rotatable bonds is 30. The van der Waals surface area contributed by atoms with Crippen LogP contribution in [0.25, 0.3) is 0 Å². The van der Waals surface area contributed by atoms with E-state index in [2.05, 4.69) is 19.7 Å². The minimum absolute atomic E-state index is 0.0617. The van der Waals surface area contributed by atoms with Gasteiger partial charge in [-0.25, -0.2) is 85.6 Å². The molecule has 0 aliphatic heterocycles. The molecular weight excluding hydrogens is 1120 g/mol. The van der Waals surface area contributed by atoms with Crippen LogP contribution >= 0.6 is 0 Å². The van der Waals surface area contributed by atoms with Gasteiger partial charge in [0.05, 0.1) is 69.7 Å². The van der Waals surface area contributed by atoms with Crippen molar-refractivity contribution in [2.75, 3.05) is 59.5 Å². The highest BCUT2D eigenvalue weighted by Crippen LogP contribution is 2.19. The minimum Gasteiger partial charge on any atom is -0.478 e. The number of carboxylic acid groups (broad SMARTS) is 3. The number of carboxylic acids is 3. The van der Waals surface area contributed by atoms with Gasteiger partial charge in [-0.05, 0) is 75.4 Å². The van der Waals surface area contributed by atoms with Gasteiger partial charge >= 0.3 is 88.7 Å². The van der Waals surface area contributed by atoms with E-state index in [1.807, 2.05) is 0 Å². The van der Waals surface area contributed by atoms with Gasteiger partial charge in [-0.15, -0.1) is 0 Å². The van der Waals surface area contributed by atoms with Gasteiger partial charge < -0.3 is 58.0 Å². The maximum Gasteiger partial charge on any atom is 0.339 e. The molecule has 1 aromatic heterocycles. The first-order valence-electron chi connectivity index (χ1n) is 24.2. The Kier molecular flexibility index (Phi) is 23.8. The number of carbonyl (C=O) groups excluding carboxylic acids is 9. The maximum absolute atomic E-state index is 13.9. The van der Waals surface area contributed by atoms with Crippen LogP contribution in [-0.4, -0.2) is 160 Å². The summed E-state index contributed by atoms with van der Waals surface area (Å²) in [6.45, 7) is 6.11. The number of aromatic carboxylic acids is 3. The molecule has 0 aliphatic rings. The van der Waals surface area contributed by atoms with Crippen LogP contribution in [0.2, 0.25) is 0 Å². The molecule has 4 aromatic rings. The first-order chi connectivity index (χ1) is 39.7. The molecule has 4 rings (SSSR count). The second-order valence-corrected chi connectivity index (χ2v) is 17.1. The number of ether oxygens (including phenoxy) is 9. The van der Waals surface area contributed by atoms with Gasteiger partial charge in [-0.2, -0.15) is 0 Å². The van der Waals surface area contributed by atoms with Crippen LogP contribution in [-0.2, 0) is 76.6 Å². The SMILES string of the molecule is C=C(C)C(=O)OCCOC(=O)c1ccc(C(=O)O)c(C(=O)OCCn2c(=O)n(CCOC(=O)c3cc(C(=O)OCCOC(=O)C(=C)C)ccc3C(=O)O)c(=O)n(CCOC(=O)c3cc(C(=O)OCCOC(=O)C(=C)C)ccc3C(=O)O)c2=O)c1. The molecule has 0 aliphatic carbocycles. The topological polar surface area (TPSA) is 415 Å². The summed E-state index contributed by atoms with van der Waals surface area (Å²) in [5.74, 6) is -14.9. The third-order valence-electron chi connectivity index (χ3n) is 10.8. The molecule has 0 saturated carbocycles. The highest BCUT2D eigenvalue weighted by molar-refractivity contribution is 6.06. The molecule has 1 heterocycles. The van der Waals surface area contributed by atoms with E-state index in [0.717, 1.165) is 54.6 Å². The van der Waals surface area contributed by atoms with Crippen molar-refractivity contribution in [1.82, 2.24) is 13.7 Å². The Morgan fingerprint density at radius 1 is 0.333 bits per heavy atom. The van der Waals surface area contributed by atoms with Gasteiger partial charge in [0, 0.05) is 16.7 Å². The molecule has 0 atom stereocenters. The molecule has 0 radical (unpaired) electrons. The molecule has 0 fully saturated rings. The van der Waals surface area contributed by atoms with Gasteiger partial charge in [0.25, 0.3) is 0 Å². The van der Waals surface area contributed by atoms with E-state index in [9.17, 15) is 87.2 Å². The van der Waals surface area contributed by atoms with E-state index < -0.39 is 201 Å². The molecule has 84 heavy (non-hydrogen) atoms. The normalized spacial score (nSPS) is 10.5. The van der Waals surface area contributed by atoms with Crippen molar-refractivity contribution < 1.29 is 115 Å². The number of hydrogen-bond acceptors (Lipinski definition) is 24. The summed E-state index contributed by atoms with van der Waals surface area (Å²) in [4.78, 5) is 192. The number of esters is 9. The Bertz CT molecular complexity index is 3170. The Balaban J connectivity index is 1.63. The van der Waals surface area contributed by atoms with Gasteiger partial charge in [0.2, 0.25) is 0 Å². The van der Waals surface area contributed by atoms with E-state index in [1.165, 1.54) is 20.8 Å². The summed E-state index contributed by atoms with van der Waals surface area (Å²) in [6, 6.07) is 7.93. The lowest BCUT2D eigenvalue weighted by molar-refractivity contribution is -0.140. The van der Waals surface area contributed by atoms with Gasteiger partial charge in [0.15, 0.2) is 0 Å². The molecular formula is C54H51N3O27. The standard InChI is InChI=1S/C54H51N3O27/c1-28(2)43(64)79-19-22-82-46(67)31-7-10-34(40(58)59)37(25-31)49(70)76-16-13-55-52(73)56(14-17-77-50(71)38-26-32(8-11-35(38)41(60)61)47(68)83-23-20-80-44(65)29(3)4)54(75)57(53(55)74)15-18-78-51(72)39-27-33(9-12-36(39)42(62)63)48(69)84-24-21-81-45(66)30(5)6/h7-12,25-27H,1,3,5,13-24H2,2,4,6H3,(H,58,59)(H,60,61)(H,62,63). The average molecular weight is 1170 g/mol. The summed E-state index contributed by atoms with van der Waals surface area (Å²) < 4.78 is 46.0. The number of nitrogens with zero attached hydrogens (tertiary/aromatic N) is 3. The van der Waals surface area contributed by atoms with Gasteiger partial charge in [0.1, 0.15) is 59.5 Å². The van der Waals surface area contributed by atoms with Crippen LogP contribution in [0.15, 0.2) is 105 Å². The Labute approximate surface area is 472 Å². The Hall–Kier alpha value is -11.1. The van der Waals surface area contributed by atoms with Gasteiger partial charge in [-0.3, -0.25) is 0 Å². The molecule has 3 N–H and O–H groups in total. The molecule has 0 spiro atoms. The van der Waals surface area contributed by atoms with Crippen molar-refractivity contribution >= 4 is 71.6 Å². The Morgan fingerprint density at radius 2 is 0.548 bits per heavy atom. The van der Waals surface area contributed by atoms with Crippen LogP contribution in [0.1, 0.15) is 114 Å². The van der Waals surface area contributed by atoms with Crippen LogP contribution < -0.4 is 17.1 Å². The average Bonchev–Trinajstić information content (AvgIpc) is 2.12. The van der Waals surface area contributed by atoms with E-state index in [1.54, 1.807) is 0 Å². The third kappa shape index (κ3) is 18.0. The quantitative estimate of drug-likeness (QED) is 0.0289. The van der Waals surface area contributed by atoms with E-state index in [4.69, 9.17) is 42.6 Å². The number of hydrogen-bond donors (Lipinski definition) is 3. The number of aromatic nitrogens is 3. The predicted molar refractivity (Wildman–Crippen MR) is 278 cm³/mol. The van der Waals surface area contributed by atoms with E-state index >= 15 is 0 Å². The number of carbonyl (C=O) groups is 12. The number of benzene rings is 3. The fraction of sp³-hybridized carbons (Fsp3) is 0.278. The second kappa shape index (κ2) is 30.5. The summed E-state index contributed by atoms with van der Waals surface area (Å²) in [5, 5.41) is 29.4. The van der Waals surface area contributed by atoms with Crippen LogP contribution in [0, 0.1) is 0 Å². The molecule has 3 aromatic carbocycles. The molecule has 30 nitrogen and oxygen atoms in total. The molecule has 444 valence electrons. The fourth-order valence-corrected chi connectivity index (χ4v) is 6.68. The Morgan fingerprint density at radius 3 is 0.762 bits per heavy atom. The zero-order valence-corrected chi connectivity index (χ0v) is 44.8. The summed E-state index contributed by atoms with van der Waals surface area (Å²) in [6.07, 6.45) is 0. The zero-order valence-electron chi connectivity index (χ0n) is 44.8. The molecule has 0 saturated heterocycles. The van der Waals surface area contributed by atoms with E-state index in [-0.39, 0.29) is 33.4 Å². The van der Waals surface area contributed by atoms with Crippen molar-refractivity contribution in [1.29, 1.82) is 0 Å². The van der Waals surface area contributed by atoms with Crippen molar-refractivity contribution in [2.24, 2.45) is 0 Å². The van der Waals surface area contributed by atoms with Gasteiger partial charge in [-0.1, -0.05) is 19.7 Å². The van der Waals surface area contributed by atoms with Crippen LogP contribution in [0.5, 0.6) is 0 Å². The van der Waals surface area contributed by atoms with Crippen LogP contribution in [0.3, 0.4) is 0 Å². The molecule has 0 bridgehead atoms. The fourth-order valence-electron chi connectivity index (χ4n) is 6.68. The highest BCUT2D eigenvalue weighted by atomic mass is 16.6. The maximum atomic E-state index is 13.9. The second-order valence-electron chi connectivity index (χ2n) is 17.1. The van der Waals surface area contributed by atoms with Crippen molar-refractivity contribution in [2.45, 2.75) is 40.4 Å². The molecule has 30 heteroatoms. The van der Waals surface area contributed by atoms with Crippen molar-refractivity contribution in [3.8, 4) is 0 Å². The first kappa shape index (κ1) is 65.4. The minimum atomic E-state index is -1.67. The largest absolute Gasteiger partial charge is 0.478 e. The third-order valence-corrected chi connectivity index (χ3v) is 10.8. The van der Waals surface area contributed by atoms with Crippen molar-refractivity contribution in [3.63, 3.8) is 0 Å². The lowest BCUT2D eigenvalue weighted by atomic mass is 10.0. The summed E-state index contributed by atoms with van der Waals surface area (Å²) in [7, 11) is 0. The molecule has 0 amide bonds. The lowest BCUT2D eigenvalue weighted by Gasteiger charge is -2.15. The predicted octanol–water partition coefficient (Wildman–Crippen LogP) is 1.67. The lowest BCUT2D eigenvalue weighted by Crippen LogP contribution is -2.55.